The molecular formula is C15H20FN3. The zero-order chi connectivity index (χ0) is 14.0. The third kappa shape index (κ3) is 3.31. The predicted octanol–water partition coefficient (Wildman–Crippen LogP) is 2.08. The second kappa shape index (κ2) is 5.68. The molecule has 0 saturated carbocycles. The number of hydrogen-bond donors (Lipinski definition) is 0. The van der Waals surface area contributed by atoms with E-state index in [2.05, 4.69) is 30.8 Å². The largest absolute Gasteiger partial charge is 0.305 e. The molecule has 0 aromatic heterocycles. The number of benzene rings is 1. The van der Waals surface area contributed by atoms with Gasteiger partial charge in [0, 0.05) is 25.7 Å². The Hall–Kier alpha value is -1.44. The molecule has 0 N–H and O–H groups in total. The van der Waals surface area contributed by atoms with Crippen LogP contribution in [0.3, 0.4) is 0 Å². The molecule has 102 valence electrons. The molecular weight excluding hydrogens is 241 g/mol. The minimum absolute atomic E-state index is 0.328. The van der Waals surface area contributed by atoms with Crippen molar-refractivity contribution in [3.8, 4) is 6.07 Å². The molecule has 1 fully saturated rings. The van der Waals surface area contributed by atoms with Gasteiger partial charge in [-0.2, -0.15) is 5.26 Å². The van der Waals surface area contributed by atoms with Crippen LogP contribution < -0.4 is 0 Å². The Balaban J connectivity index is 2.07. The van der Waals surface area contributed by atoms with Crippen LogP contribution in [0.15, 0.2) is 18.2 Å². The van der Waals surface area contributed by atoms with E-state index in [0.717, 1.165) is 18.7 Å². The van der Waals surface area contributed by atoms with Gasteiger partial charge in [0.15, 0.2) is 0 Å². The van der Waals surface area contributed by atoms with E-state index in [9.17, 15) is 4.39 Å². The van der Waals surface area contributed by atoms with Crippen LogP contribution in [0.5, 0.6) is 0 Å². The fraction of sp³-hybridized carbons (Fsp3) is 0.533. The van der Waals surface area contributed by atoms with Crippen molar-refractivity contribution in [2.75, 3.05) is 27.2 Å². The summed E-state index contributed by atoms with van der Waals surface area (Å²) in [5.41, 5.74) is 1.27. The average Bonchev–Trinajstić information content (AvgIpc) is 2.69. The third-order valence-corrected chi connectivity index (χ3v) is 3.80. The Morgan fingerprint density at radius 2 is 2.11 bits per heavy atom. The molecule has 0 radical (unpaired) electrons. The standard InChI is InChI=1S/C15H20FN3/c1-11-8-19(10-15(11)18(2)3)9-13-4-12(7-17)5-14(16)6-13/h4-6,11,15H,8-10H2,1-3H3. The smallest absolute Gasteiger partial charge is 0.124 e. The van der Waals surface area contributed by atoms with Crippen molar-refractivity contribution in [3.05, 3.63) is 35.1 Å². The molecule has 2 rings (SSSR count). The molecule has 1 aromatic rings. The molecule has 0 aliphatic carbocycles. The van der Waals surface area contributed by atoms with Crippen LogP contribution in [0.1, 0.15) is 18.1 Å². The van der Waals surface area contributed by atoms with Crippen LogP contribution in [-0.4, -0.2) is 43.0 Å². The molecule has 3 nitrogen and oxygen atoms in total. The van der Waals surface area contributed by atoms with Crippen molar-refractivity contribution in [2.45, 2.75) is 19.5 Å². The Morgan fingerprint density at radius 1 is 1.37 bits per heavy atom. The van der Waals surface area contributed by atoms with E-state index >= 15 is 0 Å². The number of nitriles is 1. The van der Waals surface area contributed by atoms with Gasteiger partial charge in [0.05, 0.1) is 11.6 Å². The highest BCUT2D eigenvalue weighted by Gasteiger charge is 2.30. The summed E-state index contributed by atoms with van der Waals surface area (Å²) in [5, 5.41) is 8.87. The highest BCUT2D eigenvalue weighted by atomic mass is 19.1. The molecule has 4 heteroatoms. The van der Waals surface area contributed by atoms with Crippen molar-refractivity contribution < 1.29 is 4.39 Å². The summed E-state index contributed by atoms with van der Waals surface area (Å²) >= 11 is 0. The zero-order valence-electron chi connectivity index (χ0n) is 11.7. The van der Waals surface area contributed by atoms with Gasteiger partial charge < -0.3 is 4.90 Å². The van der Waals surface area contributed by atoms with E-state index in [1.54, 1.807) is 6.07 Å². The molecule has 1 aliphatic heterocycles. The molecule has 0 amide bonds. The number of likely N-dealkylation sites (tertiary alicyclic amines) is 1. The Labute approximate surface area is 114 Å². The van der Waals surface area contributed by atoms with Gasteiger partial charge in [0.25, 0.3) is 0 Å². The van der Waals surface area contributed by atoms with Crippen molar-refractivity contribution in [2.24, 2.45) is 5.92 Å². The van der Waals surface area contributed by atoms with Gasteiger partial charge in [-0.05, 0) is 43.8 Å². The summed E-state index contributed by atoms with van der Waals surface area (Å²) in [6, 6.07) is 7.12. The second-order valence-corrected chi connectivity index (χ2v) is 5.66. The lowest BCUT2D eigenvalue weighted by Gasteiger charge is -2.22. The molecule has 0 spiro atoms. The molecule has 2 unspecified atom stereocenters. The Morgan fingerprint density at radius 3 is 2.68 bits per heavy atom. The topological polar surface area (TPSA) is 30.3 Å². The van der Waals surface area contributed by atoms with Crippen LogP contribution in [0.2, 0.25) is 0 Å². The molecule has 2 atom stereocenters. The maximum atomic E-state index is 13.4. The molecule has 0 bridgehead atoms. The Kier molecular flexibility index (Phi) is 4.18. The first-order chi connectivity index (χ1) is 8.99. The number of halogens is 1. The fourth-order valence-corrected chi connectivity index (χ4v) is 2.91. The summed E-state index contributed by atoms with van der Waals surface area (Å²) in [6.07, 6.45) is 0. The number of nitrogens with zero attached hydrogens (tertiary/aromatic N) is 3. The first-order valence-electron chi connectivity index (χ1n) is 6.58. The van der Waals surface area contributed by atoms with Gasteiger partial charge in [0.2, 0.25) is 0 Å². The van der Waals surface area contributed by atoms with Gasteiger partial charge in [-0.1, -0.05) is 6.92 Å². The van der Waals surface area contributed by atoms with Gasteiger partial charge in [0.1, 0.15) is 5.82 Å². The van der Waals surface area contributed by atoms with Crippen molar-refractivity contribution in [1.29, 1.82) is 5.26 Å². The van der Waals surface area contributed by atoms with Crippen LogP contribution in [0, 0.1) is 23.1 Å². The molecule has 1 aromatic carbocycles. The quantitative estimate of drug-likeness (QED) is 0.834. The van der Waals surface area contributed by atoms with Gasteiger partial charge >= 0.3 is 0 Å². The SMILES string of the molecule is CC1CN(Cc2cc(F)cc(C#N)c2)CC1N(C)C. The number of rotatable bonds is 3. The Bertz CT molecular complexity index is 493. The minimum Gasteiger partial charge on any atom is -0.305 e. The highest BCUT2D eigenvalue weighted by Crippen LogP contribution is 2.22. The first-order valence-corrected chi connectivity index (χ1v) is 6.58. The summed E-state index contributed by atoms with van der Waals surface area (Å²) in [5.74, 6) is 0.282. The van der Waals surface area contributed by atoms with Gasteiger partial charge in [-0.15, -0.1) is 0 Å². The van der Waals surface area contributed by atoms with E-state index in [0.29, 0.717) is 24.1 Å². The highest BCUT2D eigenvalue weighted by molar-refractivity contribution is 5.33. The normalized spacial score (nSPS) is 23.8. The maximum absolute atomic E-state index is 13.4. The third-order valence-electron chi connectivity index (χ3n) is 3.80. The lowest BCUT2D eigenvalue weighted by atomic mass is 10.1. The molecule has 1 heterocycles. The van der Waals surface area contributed by atoms with Crippen molar-refractivity contribution in [1.82, 2.24) is 9.80 Å². The maximum Gasteiger partial charge on any atom is 0.124 e. The van der Waals surface area contributed by atoms with E-state index in [1.807, 2.05) is 6.07 Å². The average molecular weight is 261 g/mol. The summed E-state index contributed by atoms with van der Waals surface area (Å²) < 4.78 is 13.4. The van der Waals surface area contributed by atoms with E-state index in [4.69, 9.17) is 5.26 Å². The lowest BCUT2D eigenvalue weighted by molar-refractivity contribution is 0.250. The van der Waals surface area contributed by atoms with Crippen LogP contribution >= 0.6 is 0 Å². The first kappa shape index (κ1) is 14.0. The number of hydrogen-bond acceptors (Lipinski definition) is 3. The van der Waals surface area contributed by atoms with Crippen LogP contribution in [-0.2, 0) is 6.54 Å². The van der Waals surface area contributed by atoms with Gasteiger partial charge in [-0.3, -0.25) is 4.90 Å². The van der Waals surface area contributed by atoms with Crippen molar-refractivity contribution >= 4 is 0 Å². The van der Waals surface area contributed by atoms with Crippen LogP contribution in [0.4, 0.5) is 4.39 Å². The second-order valence-electron chi connectivity index (χ2n) is 5.66. The number of likely N-dealkylation sites (N-methyl/N-ethyl adjacent to an activating group) is 1. The molecule has 1 saturated heterocycles. The zero-order valence-corrected chi connectivity index (χ0v) is 11.7. The predicted molar refractivity (Wildman–Crippen MR) is 73.0 cm³/mol. The molecule has 1 aliphatic rings. The monoisotopic (exact) mass is 261 g/mol. The lowest BCUT2D eigenvalue weighted by Crippen LogP contribution is -2.34. The van der Waals surface area contributed by atoms with Gasteiger partial charge in [-0.25, -0.2) is 4.39 Å². The summed E-state index contributed by atoms with van der Waals surface area (Å²) in [7, 11) is 4.20. The van der Waals surface area contributed by atoms with E-state index in [1.165, 1.54) is 12.1 Å². The summed E-state index contributed by atoms with van der Waals surface area (Å²) in [4.78, 5) is 4.57. The fourth-order valence-electron chi connectivity index (χ4n) is 2.91. The molecule has 19 heavy (non-hydrogen) atoms. The van der Waals surface area contributed by atoms with Crippen molar-refractivity contribution in [3.63, 3.8) is 0 Å². The van der Waals surface area contributed by atoms with E-state index < -0.39 is 0 Å². The van der Waals surface area contributed by atoms with E-state index in [-0.39, 0.29) is 5.82 Å². The summed E-state index contributed by atoms with van der Waals surface area (Å²) in [6.45, 7) is 4.96. The van der Waals surface area contributed by atoms with Crippen LogP contribution in [0.25, 0.3) is 0 Å². The minimum atomic E-state index is -0.328.